The first-order valence-electron chi connectivity index (χ1n) is 9.45. The Kier molecular flexibility index (Phi) is 8.59. The molecule has 0 atom stereocenters. The van der Waals surface area contributed by atoms with Crippen LogP contribution in [0.2, 0.25) is 10.0 Å². The van der Waals surface area contributed by atoms with E-state index in [1.54, 1.807) is 42.5 Å². The average molecular weight is 549 g/mol. The van der Waals surface area contributed by atoms with Crippen molar-refractivity contribution in [3.8, 4) is 5.75 Å². The highest BCUT2D eigenvalue weighted by atomic mass is 79.9. The molecule has 0 aromatic heterocycles. The minimum Gasteiger partial charge on any atom is -0.423 e. The summed E-state index contributed by atoms with van der Waals surface area (Å²) in [4.78, 5) is 36.1. The van der Waals surface area contributed by atoms with Crippen LogP contribution in [0.15, 0.2) is 76.3 Å². The smallest absolute Gasteiger partial charge is 0.343 e. The summed E-state index contributed by atoms with van der Waals surface area (Å²) in [5, 5.41) is 6.87. The number of hydrazone groups is 1. The number of carbonyl (C=O) groups is 3. The van der Waals surface area contributed by atoms with Gasteiger partial charge in [0.1, 0.15) is 5.75 Å². The Hall–Kier alpha value is -3.20. The van der Waals surface area contributed by atoms with Gasteiger partial charge < -0.3 is 10.1 Å². The second kappa shape index (κ2) is 11.6. The summed E-state index contributed by atoms with van der Waals surface area (Å²) in [6.45, 7) is -0.277. The Morgan fingerprint density at radius 2 is 1.70 bits per heavy atom. The molecule has 0 radical (unpaired) electrons. The maximum Gasteiger partial charge on any atom is 0.343 e. The molecule has 0 unspecified atom stereocenters. The highest BCUT2D eigenvalue weighted by Gasteiger charge is 2.10. The monoisotopic (exact) mass is 547 g/mol. The molecule has 0 saturated heterocycles. The van der Waals surface area contributed by atoms with Crippen molar-refractivity contribution < 1.29 is 19.1 Å². The van der Waals surface area contributed by atoms with Crippen LogP contribution in [0.4, 0.5) is 0 Å². The topological polar surface area (TPSA) is 96.9 Å². The van der Waals surface area contributed by atoms with E-state index in [0.29, 0.717) is 21.9 Å². The van der Waals surface area contributed by atoms with Gasteiger partial charge in [-0.15, -0.1) is 0 Å². The number of hydrogen-bond donors (Lipinski definition) is 2. The third-order valence-corrected chi connectivity index (χ3v) is 5.38. The summed E-state index contributed by atoms with van der Waals surface area (Å²) in [6.07, 6.45) is 1.42. The lowest BCUT2D eigenvalue weighted by Gasteiger charge is -2.06. The van der Waals surface area contributed by atoms with Crippen molar-refractivity contribution in [1.82, 2.24) is 10.7 Å². The van der Waals surface area contributed by atoms with Crippen molar-refractivity contribution in [2.75, 3.05) is 6.54 Å². The zero-order valence-corrected chi connectivity index (χ0v) is 19.9. The number of hydrogen-bond acceptors (Lipinski definition) is 5. The van der Waals surface area contributed by atoms with Crippen LogP contribution >= 0.6 is 39.1 Å². The lowest BCUT2D eigenvalue weighted by molar-refractivity contribution is -0.120. The molecule has 0 spiro atoms. The minimum absolute atomic E-state index is 0.243. The second-order valence-corrected chi connectivity index (χ2v) is 8.30. The van der Waals surface area contributed by atoms with Gasteiger partial charge in [0.2, 0.25) is 0 Å². The number of benzene rings is 3. The van der Waals surface area contributed by atoms with Gasteiger partial charge in [-0.1, -0.05) is 45.2 Å². The van der Waals surface area contributed by atoms with Crippen LogP contribution < -0.4 is 15.5 Å². The Morgan fingerprint density at radius 1 is 0.939 bits per heavy atom. The zero-order chi connectivity index (χ0) is 23.8. The van der Waals surface area contributed by atoms with E-state index < -0.39 is 17.8 Å². The van der Waals surface area contributed by atoms with Crippen molar-refractivity contribution in [2.24, 2.45) is 5.10 Å². The first-order valence-corrected chi connectivity index (χ1v) is 11.0. The quantitative estimate of drug-likeness (QED) is 0.191. The van der Waals surface area contributed by atoms with E-state index in [9.17, 15) is 14.4 Å². The molecule has 0 bridgehead atoms. The van der Waals surface area contributed by atoms with Gasteiger partial charge >= 0.3 is 5.97 Å². The molecule has 10 heteroatoms. The van der Waals surface area contributed by atoms with Gasteiger partial charge in [-0.2, -0.15) is 5.10 Å². The SMILES string of the molecule is O=C(CNC(=O)c1ccc(Cl)c(Cl)c1)N/N=C\c1ccc(OC(=O)c2cccc(Br)c2)cc1. The third-order valence-electron chi connectivity index (χ3n) is 4.15. The first kappa shape index (κ1) is 24.4. The van der Waals surface area contributed by atoms with Crippen molar-refractivity contribution in [2.45, 2.75) is 0 Å². The molecule has 2 N–H and O–H groups in total. The number of rotatable bonds is 7. The van der Waals surface area contributed by atoms with Crippen molar-refractivity contribution >= 4 is 63.1 Å². The van der Waals surface area contributed by atoms with Gasteiger partial charge in [0, 0.05) is 10.0 Å². The van der Waals surface area contributed by atoms with Crippen LogP contribution in [0.3, 0.4) is 0 Å². The average Bonchev–Trinajstić information content (AvgIpc) is 2.80. The van der Waals surface area contributed by atoms with Crippen LogP contribution in [-0.4, -0.2) is 30.5 Å². The van der Waals surface area contributed by atoms with E-state index in [2.05, 4.69) is 31.8 Å². The Labute approximate surface area is 207 Å². The standard InChI is InChI=1S/C23H16BrCl2N3O4/c24-17-3-1-2-16(10-17)23(32)33-18-7-4-14(5-8-18)12-28-29-21(30)13-27-22(31)15-6-9-19(25)20(26)11-15/h1-12H,13H2,(H,27,31)(H,29,30)/b28-12-. The molecule has 0 saturated carbocycles. The van der Waals surface area contributed by atoms with Gasteiger partial charge in [0.15, 0.2) is 0 Å². The maximum absolute atomic E-state index is 12.2. The predicted octanol–water partition coefficient (Wildman–Crippen LogP) is 4.86. The summed E-state index contributed by atoms with van der Waals surface area (Å²) in [7, 11) is 0. The number of nitrogens with one attached hydrogen (secondary N) is 2. The summed E-state index contributed by atoms with van der Waals surface area (Å²) in [5.41, 5.74) is 3.67. The van der Waals surface area contributed by atoms with Crippen LogP contribution in [0.1, 0.15) is 26.3 Å². The first-order chi connectivity index (χ1) is 15.8. The predicted molar refractivity (Wildman–Crippen MR) is 130 cm³/mol. The fourth-order valence-electron chi connectivity index (χ4n) is 2.52. The number of halogens is 3. The van der Waals surface area contributed by atoms with E-state index in [1.807, 2.05) is 6.07 Å². The lowest BCUT2D eigenvalue weighted by Crippen LogP contribution is -2.34. The molecule has 0 aliphatic carbocycles. The molecule has 0 aliphatic heterocycles. The molecule has 2 amide bonds. The van der Waals surface area contributed by atoms with E-state index in [1.165, 1.54) is 24.4 Å². The van der Waals surface area contributed by atoms with Gasteiger partial charge in [-0.25, -0.2) is 10.2 Å². The molecule has 3 rings (SSSR count). The molecule has 3 aromatic carbocycles. The molecule has 7 nitrogen and oxygen atoms in total. The highest BCUT2D eigenvalue weighted by Crippen LogP contribution is 2.22. The van der Waals surface area contributed by atoms with Crippen LogP contribution in [0.25, 0.3) is 0 Å². The van der Waals surface area contributed by atoms with Crippen LogP contribution in [0.5, 0.6) is 5.75 Å². The van der Waals surface area contributed by atoms with E-state index in [0.717, 1.165) is 4.47 Å². The number of esters is 1. The fourth-order valence-corrected chi connectivity index (χ4v) is 3.22. The summed E-state index contributed by atoms with van der Waals surface area (Å²) >= 11 is 15.0. The van der Waals surface area contributed by atoms with E-state index >= 15 is 0 Å². The zero-order valence-electron chi connectivity index (χ0n) is 16.8. The van der Waals surface area contributed by atoms with E-state index in [4.69, 9.17) is 27.9 Å². The molecule has 3 aromatic rings. The van der Waals surface area contributed by atoms with E-state index in [-0.39, 0.29) is 17.1 Å². The normalized spacial score (nSPS) is 10.6. The molecular formula is C23H16BrCl2N3O4. The summed E-state index contributed by atoms with van der Waals surface area (Å²) in [6, 6.07) is 17.8. The second-order valence-electron chi connectivity index (χ2n) is 6.57. The lowest BCUT2D eigenvalue weighted by atomic mass is 10.2. The van der Waals surface area contributed by atoms with Gasteiger partial charge in [-0.3, -0.25) is 9.59 Å². The fraction of sp³-hybridized carbons (Fsp3) is 0.0435. The molecule has 33 heavy (non-hydrogen) atoms. The molecule has 0 fully saturated rings. The molecular weight excluding hydrogens is 533 g/mol. The Balaban J connectivity index is 1.45. The number of carbonyl (C=O) groups excluding carboxylic acids is 3. The van der Waals surface area contributed by atoms with Gasteiger partial charge in [0.05, 0.1) is 28.4 Å². The van der Waals surface area contributed by atoms with Crippen LogP contribution in [0, 0.1) is 0 Å². The Morgan fingerprint density at radius 3 is 2.39 bits per heavy atom. The van der Waals surface area contributed by atoms with Gasteiger partial charge in [-0.05, 0) is 66.2 Å². The number of amides is 2. The summed E-state index contributed by atoms with van der Waals surface area (Å²) < 4.78 is 6.11. The highest BCUT2D eigenvalue weighted by molar-refractivity contribution is 9.10. The van der Waals surface area contributed by atoms with Crippen LogP contribution in [-0.2, 0) is 4.79 Å². The van der Waals surface area contributed by atoms with Crippen molar-refractivity contribution in [1.29, 1.82) is 0 Å². The molecule has 0 aliphatic rings. The number of ether oxygens (including phenoxy) is 1. The van der Waals surface area contributed by atoms with Gasteiger partial charge in [0.25, 0.3) is 11.8 Å². The maximum atomic E-state index is 12.2. The number of nitrogens with zero attached hydrogens (tertiary/aromatic N) is 1. The van der Waals surface area contributed by atoms with Crippen molar-refractivity contribution in [3.63, 3.8) is 0 Å². The summed E-state index contributed by atoms with van der Waals surface area (Å²) in [5.74, 6) is -1.10. The molecule has 168 valence electrons. The minimum atomic E-state index is -0.515. The third kappa shape index (κ3) is 7.42. The van der Waals surface area contributed by atoms with Crippen molar-refractivity contribution in [3.05, 3.63) is 97.9 Å². The molecule has 0 heterocycles. The largest absolute Gasteiger partial charge is 0.423 e. The Bertz CT molecular complexity index is 1220.